The predicted molar refractivity (Wildman–Crippen MR) is 94.3 cm³/mol. The number of carbonyl (C=O) groups is 1. The van der Waals surface area contributed by atoms with Gasteiger partial charge in [-0.3, -0.25) is 14.2 Å². The van der Waals surface area contributed by atoms with E-state index in [9.17, 15) is 9.59 Å². The molecule has 2 aliphatic rings. The molecule has 0 unspecified atom stereocenters. The normalized spacial score (nSPS) is 19.0. The zero-order valence-corrected chi connectivity index (χ0v) is 14.8. The van der Waals surface area contributed by atoms with E-state index in [1.807, 2.05) is 4.90 Å². The van der Waals surface area contributed by atoms with E-state index in [4.69, 9.17) is 0 Å². The molecule has 4 heterocycles. The van der Waals surface area contributed by atoms with E-state index in [0.29, 0.717) is 17.1 Å². The van der Waals surface area contributed by atoms with Gasteiger partial charge >= 0.3 is 0 Å². The molecule has 4 rings (SSSR count). The van der Waals surface area contributed by atoms with Gasteiger partial charge in [-0.1, -0.05) is 13.3 Å². The summed E-state index contributed by atoms with van der Waals surface area (Å²) < 4.78 is 3.48. The van der Waals surface area contributed by atoms with Crippen molar-refractivity contribution in [2.45, 2.75) is 58.5 Å². The molecule has 0 bridgehead atoms. The first kappa shape index (κ1) is 16.3. The Morgan fingerprint density at radius 1 is 1.20 bits per heavy atom. The molecule has 0 aliphatic carbocycles. The summed E-state index contributed by atoms with van der Waals surface area (Å²) in [6, 6.07) is 0. The van der Waals surface area contributed by atoms with Crippen molar-refractivity contribution in [3.63, 3.8) is 0 Å². The van der Waals surface area contributed by atoms with Crippen molar-refractivity contribution in [3.05, 3.63) is 22.5 Å². The van der Waals surface area contributed by atoms with E-state index in [1.165, 1.54) is 17.3 Å². The monoisotopic (exact) mass is 343 g/mol. The second-order valence-electron chi connectivity index (χ2n) is 7.40. The van der Waals surface area contributed by atoms with Gasteiger partial charge in [0, 0.05) is 26.1 Å². The number of hydrogen-bond donors (Lipinski definition) is 0. The van der Waals surface area contributed by atoms with Gasteiger partial charge in [0.15, 0.2) is 11.2 Å². The van der Waals surface area contributed by atoms with Crippen LogP contribution < -0.4 is 5.56 Å². The highest BCUT2D eigenvalue weighted by Crippen LogP contribution is 2.19. The molecule has 0 atom stereocenters. The maximum atomic E-state index is 12.8. The molecule has 2 aliphatic heterocycles. The zero-order chi connectivity index (χ0) is 17.4. The maximum absolute atomic E-state index is 12.8. The standard InChI is InChI=1S/C18H25N5O2/c1-13-6-9-21(10-7-13)15(24)11-22-12-19-17-16(18(22)25)20-14-5-3-2-4-8-23(14)17/h12-13H,2-11H2,1H3. The number of aromatic nitrogens is 4. The molecule has 7 heteroatoms. The molecule has 0 saturated carbocycles. The Balaban J connectivity index is 1.59. The van der Waals surface area contributed by atoms with Crippen LogP contribution in [0.1, 0.15) is 44.9 Å². The Bertz CT molecular complexity index is 845. The first-order chi connectivity index (χ1) is 12.1. The lowest BCUT2D eigenvalue weighted by Crippen LogP contribution is -2.41. The van der Waals surface area contributed by atoms with E-state index >= 15 is 0 Å². The number of hydrogen-bond acceptors (Lipinski definition) is 4. The summed E-state index contributed by atoms with van der Waals surface area (Å²) in [6.07, 6.45) is 7.84. The van der Waals surface area contributed by atoms with Gasteiger partial charge in [-0.25, -0.2) is 9.97 Å². The Morgan fingerprint density at radius 2 is 2.00 bits per heavy atom. The minimum Gasteiger partial charge on any atom is -0.341 e. The Kier molecular flexibility index (Phi) is 4.31. The molecule has 1 amide bonds. The molecule has 7 nitrogen and oxygen atoms in total. The summed E-state index contributed by atoms with van der Waals surface area (Å²) in [5.74, 6) is 1.62. The second kappa shape index (κ2) is 6.61. The van der Waals surface area contributed by atoms with Crippen LogP contribution in [0.5, 0.6) is 0 Å². The lowest BCUT2D eigenvalue weighted by atomic mass is 9.99. The molecule has 0 spiro atoms. The minimum atomic E-state index is -0.204. The smallest absolute Gasteiger partial charge is 0.282 e. The molecule has 134 valence electrons. The van der Waals surface area contributed by atoms with Crippen molar-refractivity contribution in [2.75, 3.05) is 13.1 Å². The van der Waals surface area contributed by atoms with Gasteiger partial charge in [-0.2, -0.15) is 0 Å². The van der Waals surface area contributed by atoms with Crippen LogP contribution in [0.2, 0.25) is 0 Å². The number of rotatable bonds is 2. The highest BCUT2D eigenvalue weighted by Gasteiger charge is 2.22. The Hall–Kier alpha value is -2.18. The van der Waals surface area contributed by atoms with Crippen LogP contribution in [0.15, 0.2) is 11.1 Å². The number of aryl methyl sites for hydroxylation is 2. The summed E-state index contributed by atoms with van der Waals surface area (Å²) in [6.45, 7) is 4.70. The van der Waals surface area contributed by atoms with E-state index in [-0.39, 0.29) is 18.0 Å². The number of nitrogens with zero attached hydrogens (tertiary/aromatic N) is 5. The molecule has 0 radical (unpaired) electrons. The van der Waals surface area contributed by atoms with Crippen LogP contribution in [0, 0.1) is 5.92 Å². The zero-order valence-electron chi connectivity index (χ0n) is 14.8. The maximum Gasteiger partial charge on any atom is 0.282 e. The van der Waals surface area contributed by atoms with Crippen molar-refractivity contribution in [2.24, 2.45) is 5.92 Å². The fourth-order valence-corrected chi connectivity index (χ4v) is 3.85. The first-order valence-corrected chi connectivity index (χ1v) is 9.36. The van der Waals surface area contributed by atoms with Crippen molar-refractivity contribution in [3.8, 4) is 0 Å². The lowest BCUT2D eigenvalue weighted by Gasteiger charge is -2.30. The van der Waals surface area contributed by atoms with Gasteiger partial charge in [0.2, 0.25) is 5.91 Å². The summed E-state index contributed by atoms with van der Waals surface area (Å²) in [5.41, 5.74) is 0.862. The first-order valence-electron chi connectivity index (χ1n) is 9.36. The average molecular weight is 343 g/mol. The van der Waals surface area contributed by atoms with Gasteiger partial charge in [-0.15, -0.1) is 0 Å². The molecule has 0 N–H and O–H groups in total. The number of carbonyl (C=O) groups excluding carboxylic acids is 1. The second-order valence-corrected chi connectivity index (χ2v) is 7.40. The molecule has 1 fully saturated rings. The van der Waals surface area contributed by atoms with Gasteiger partial charge in [0.05, 0.1) is 0 Å². The van der Waals surface area contributed by atoms with Crippen LogP contribution in [-0.4, -0.2) is 43.0 Å². The highest BCUT2D eigenvalue weighted by atomic mass is 16.2. The topological polar surface area (TPSA) is 73.0 Å². The van der Waals surface area contributed by atoms with E-state index < -0.39 is 0 Å². The molecule has 2 aromatic rings. The number of likely N-dealkylation sites (tertiary alicyclic amines) is 1. The molecule has 2 aromatic heterocycles. The Morgan fingerprint density at radius 3 is 2.80 bits per heavy atom. The van der Waals surface area contributed by atoms with Gasteiger partial charge < -0.3 is 9.47 Å². The van der Waals surface area contributed by atoms with Crippen LogP contribution in [0.3, 0.4) is 0 Å². The lowest BCUT2D eigenvalue weighted by molar-refractivity contribution is -0.133. The number of fused-ring (bicyclic) bond motifs is 3. The van der Waals surface area contributed by atoms with E-state index in [2.05, 4.69) is 21.5 Å². The summed E-state index contributed by atoms with van der Waals surface area (Å²) in [5, 5.41) is 0. The van der Waals surface area contributed by atoms with Crippen molar-refractivity contribution < 1.29 is 4.79 Å². The van der Waals surface area contributed by atoms with Crippen LogP contribution in [0.25, 0.3) is 11.2 Å². The SMILES string of the molecule is CC1CCN(C(=O)Cn2cnc3c(nc4n3CCCCC4)c2=O)CC1. The Labute approximate surface area is 146 Å². The van der Waals surface area contributed by atoms with Gasteiger partial charge in [0.1, 0.15) is 18.7 Å². The molecule has 0 aromatic carbocycles. The van der Waals surface area contributed by atoms with Crippen LogP contribution >= 0.6 is 0 Å². The van der Waals surface area contributed by atoms with Crippen molar-refractivity contribution in [1.82, 2.24) is 24.0 Å². The summed E-state index contributed by atoms with van der Waals surface area (Å²) >= 11 is 0. The van der Waals surface area contributed by atoms with Crippen molar-refractivity contribution >= 4 is 17.1 Å². The fraction of sp³-hybridized carbons (Fsp3) is 0.667. The summed E-state index contributed by atoms with van der Waals surface area (Å²) in [4.78, 5) is 36.2. The number of imidazole rings is 1. The third-order valence-corrected chi connectivity index (χ3v) is 5.53. The quantitative estimate of drug-likeness (QED) is 0.830. The average Bonchev–Trinajstić information content (AvgIpc) is 2.80. The number of amides is 1. The molecule has 1 saturated heterocycles. The van der Waals surface area contributed by atoms with Crippen LogP contribution in [0.4, 0.5) is 0 Å². The third-order valence-electron chi connectivity index (χ3n) is 5.53. The highest BCUT2D eigenvalue weighted by molar-refractivity contribution is 5.77. The molecule has 25 heavy (non-hydrogen) atoms. The predicted octanol–water partition coefficient (Wildman–Crippen LogP) is 1.58. The van der Waals surface area contributed by atoms with Gasteiger partial charge in [0.25, 0.3) is 5.56 Å². The van der Waals surface area contributed by atoms with Gasteiger partial charge in [-0.05, 0) is 31.6 Å². The van der Waals surface area contributed by atoms with E-state index in [1.54, 1.807) is 0 Å². The molecular formula is C18H25N5O2. The summed E-state index contributed by atoms with van der Waals surface area (Å²) in [7, 11) is 0. The molecular weight excluding hydrogens is 318 g/mol. The largest absolute Gasteiger partial charge is 0.341 e. The third kappa shape index (κ3) is 3.07. The minimum absolute atomic E-state index is 0.00378. The fourth-order valence-electron chi connectivity index (χ4n) is 3.85. The van der Waals surface area contributed by atoms with Crippen molar-refractivity contribution in [1.29, 1.82) is 0 Å². The number of piperidine rings is 1. The van der Waals surface area contributed by atoms with Crippen LogP contribution in [-0.2, 0) is 24.3 Å². The van der Waals surface area contributed by atoms with E-state index in [0.717, 1.165) is 57.6 Å².